The summed E-state index contributed by atoms with van der Waals surface area (Å²) in [5, 5.41) is 10.5. The summed E-state index contributed by atoms with van der Waals surface area (Å²) in [5.41, 5.74) is -0.860. The van der Waals surface area contributed by atoms with Crippen LogP contribution in [0.15, 0.2) is 23.2 Å². The van der Waals surface area contributed by atoms with Crippen molar-refractivity contribution >= 4 is 23.8 Å². The van der Waals surface area contributed by atoms with Gasteiger partial charge in [0.1, 0.15) is 10.7 Å². The zero-order chi connectivity index (χ0) is 13.8. The topological polar surface area (TPSA) is 50.2 Å². The van der Waals surface area contributed by atoms with Crippen LogP contribution in [0.1, 0.15) is 11.3 Å². The molecule has 0 spiro atoms. The van der Waals surface area contributed by atoms with E-state index in [1.54, 1.807) is 0 Å². The molecule has 7 heteroatoms. The largest absolute Gasteiger partial charge is 0.478 e. The molecular formula is C11H6F3NO2S. The summed E-state index contributed by atoms with van der Waals surface area (Å²) in [7, 11) is 0. The number of alkyl halides is 3. The summed E-state index contributed by atoms with van der Waals surface area (Å²) in [6, 6.07) is 1.89. The Morgan fingerprint density at radius 2 is 2.17 bits per heavy atom. The molecule has 1 heterocycles. The summed E-state index contributed by atoms with van der Waals surface area (Å²) < 4.78 is 37.3. The molecule has 0 aliphatic carbocycles. The lowest BCUT2D eigenvalue weighted by atomic mass is 10.2. The minimum atomic E-state index is -4.57. The average Bonchev–Trinajstić information content (AvgIpc) is 2.26. The molecule has 0 atom stereocenters. The standard InChI is InChI=1S/C11H6F3NO2S/c1-2-18-10-7(4-6-9(16)17)3-5-8(15-10)11(12,13)14/h1,3-6H,(H,16,17). The van der Waals surface area contributed by atoms with Crippen LogP contribution in [0.3, 0.4) is 0 Å². The van der Waals surface area contributed by atoms with Gasteiger partial charge in [-0.1, -0.05) is 6.07 Å². The third-order valence-corrected chi connectivity index (χ3v) is 2.38. The van der Waals surface area contributed by atoms with E-state index in [1.807, 2.05) is 0 Å². The van der Waals surface area contributed by atoms with Gasteiger partial charge in [0, 0.05) is 11.6 Å². The highest BCUT2D eigenvalue weighted by Gasteiger charge is 2.32. The van der Waals surface area contributed by atoms with Gasteiger partial charge in [-0.05, 0) is 29.2 Å². The van der Waals surface area contributed by atoms with Crippen molar-refractivity contribution in [2.75, 3.05) is 0 Å². The molecule has 0 amide bonds. The Balaban J connectivity index is 3.21. The number of carboxylic acids is 1. The zero-order valence-corrected chi connectivity index (χ0v) is 9.55. The predicted molar refractivity (Wildman–Crippen MR) is 60.6 cm³/mol. The molecule has 0 saturated heterocycles. The summed E-state index contributed by atoms with van der Waals surface area (Å²) in [4.78, 5) is 13.7. The van der Waals surface area contributed by atoms with Crippen molar-refractivity contribution in [1.29, 1.82) is 0 Å². The molecular weight excluding hydrogens is 267 g/mol. The Morgan fingerprint density at radius 3 is 2.67 bits per heavy atom. The van der Waals surface area contributed by atoms with Crippen LogP contribution in [-0.2, 0) is 11.0 Å². The fraction of sp³-hybridized carbons (Fsp3) is 0.0909. The number of thioether (sulfide) groups is 1. The second kappa shape index (κ2) is 5.60. The van der Waals surface area contributed by atoms with Crippen LogP contribution in [0.2, 0.25) is 0 Å². The first-order chi connectivity index (χ1) is 8.34. The summed E-state index contributed by atoms with van der Waals surface area (Å²) in [6.07, 6.45) is 2.36. The Hall–Kier alpha value is -1.94. The van der Waals surface area contributed by atoms with E-state index in [0.29, 0.717) is 11.8 Å². The smallest absolute Gasteiger partial charge is 0.433 e. The Morgan fingerprint density at radius 1 is 1.50 bits per heavy atom. The van der Waals surface area contributed by atoms with Gasteiger partial charge in [0.2, 0.25) is 0 Å². The lowest BCUT2D eigenvalue weighted by Gasteiger charge is -2.08. The molecule has 94 valence electrons. The number of carboxylic acid groups (broad SMARTS) is 1. The van der Waals surface area contributed by atoms with Crippen LogP contribution in [0.4, 0.5) is 13.2 Å². The molecule has 0 fully saturated rings. The van der Waals surface area contributed by atoms with Crippen LogP contribution < -0.4 is 0 Å². The first kappa shape index (κ1) is 14.1. The Kier molecular flexibility index (Phi) is 4.39. The van der Waals surface area contributed by atoms with E-state index >= 15 is 0 Å². The van der Waals surface area contributed by atoms with Crippen LogP contribution in [0.5, 0.6) is 0 Å². The van der Waals surface area contributed by atoms with Crippen LogP contribution >= 0.6 is 11.8 Å². The van der Waals surface area contributed by atoms with E-state index in [9.17, 15) is 18.0 Å². The number of nitrogens with zero attached hydrogens (tertiary/aromatic N) is 1. The quantitative estimate of drug-likeness (QED) is 0.522. The molecule has 1 N–H and O–H groups in total. The van der Waals surface area contributed by atoms with Crippen molar-refractivity contribution in [2.45, 2.75) is 11.2 Å². The van der Waals surface area contributed by atoms with Crippen LogP contribution in [0.25, 0.3) is 6.08 Å². The fourth-order valence-electron chi connectivity index (χ4n) is 1.03. The summed E-state index contributed by atoms with van der Waals surface area (Å²) in [6.45, 7) is 0. The number of aliphatic carboxylic acids is 1. The van der Waals surface area contributed by atoms with Crippen molar-refractivity contribution in [3.63, 3.8) is 0 Å². The number of hydrogen-bond donors (Lipinski definition) is 1. The Labute approximate surface area is 105 Å². The van der Waals surface area contributed by atoms with Gasteiger partial charge in [-0.2, -0.15) is 13.2 Å². The minimum Gasteiger partial charge on any atom is -0.478 e. The van der Waals surface area contributed by atoms with Gasteiger partial charge >= 0.3 is 12.1 Å². The average molecular weight is 273 g/mol. The molecule has 1 aromatic rings. The maximum Gasteiger partial charge on any atom is 0.433 e. The van der Waals surface area contributed by atoms with Crippen molar-refractivity contribution in [3.8, 4) is 11.7 Å². The molecule has 0 aliphatic rings. The third kappa shape index (κ3) is 3.82. The molecule has 0 unspecified atom stereocenters. The maximum absolute atomic E-state index is 12.4. The van der Waals surface area contributed by atoms with Crippen molar-refractivity contribution in [3.05, 3.63) is 29.5 Å². The van der Waals surface area contributed by atoms with Gasteiger partial charge in [0.25, 0.3) is 0 Å². The molecule has 0 aliphatic heterocycles. The summed E-state index contributed by atoms with van der Waals surface area (Å²) >= 11 is 0.656. The molecule has 1 aromatic heterocycles. The monoisotopic (exact) mass is 273 g/mol. The number of hydrogen-bond acceptors (Lipinski definition) is 3. The SMILES string of the molecule is C#CSc1nc(C(F)(F)F)ccc1C=CC(=O)O. The van der Waals surface area contributed by atoms with E-state index in [2.05, 4.69) is 10.2 Å². The van der Waals surface area contributed by atoms with Gasteiger partial charge < -0.3 is 5.11 Å². The van der Waals surface area contributed by atoms with E-state index in [4.69, 9.17) is 11.5 Å². The highest BCUT2D eigenvalue weighted by molar-refractivity contribution is 8.03. The maximum atomic E-state index is 12.4. The molecule has 0 saturated carbocycles. The number of pyridine rings is 1. The van der Waals surface area contributed by atoms with Gasteiger partial charge in [-0.25, -0.2) is 9.78 Å². The van der Waals surface area contributed by atoms with Crippen molar-refractivity contribution in [1.82, 2.24) is 4.98 Å². The minimum absolute atomic E-state index is 0.0650. The van der Waals surface area contributed by atoms with Gasteiger partial charge in [-0.15, -0.1) is 6.42 Å². The lowest BCUT2D eigenvalue weighted by Crippen LogP contribution is -2.08. The van der Waals surface area contributed by atoms with E-state index < -0.39 is 17.8 Å². The third-order valence-electron chi connectivity index (χ3n) is 1.74. The molecule has 0 bridgehead atoms. The van der Waals surface area contributed by atoms with Crippen LogP contribution in [-0.4, -0.2) is 16.1 Å². The number of carbonyl (C=O) groups is 1. The first-order valence-corrected chi connectivity index (χ1v) is 5.28. The van der Waals surface area contributed by atoms with Gasteiger partial charge in [0.15, 0.2) is 0 Å². The van der Waals surface area contributed by atoms with Crippen molar-refractivity contribution in [2.24, 2.45) is 0 Å². The highest BCUT2D eigenvalue weighted by Crippen LogP contribution is 2.31. The highest BCUT2D eigenvalue weighted by atomic mass is 32.2. The zero-order valence-electron chi connectivity index (χ0n) is 8.73. The molecule has 18 heavy (non-hydrogen) atoms. The van der Waals surface area contributed by atoms with E-state index in [-0.39, 0.29) is 10.6 Å². The van der Waals surface area contributed by atoms with Gasteiger partial charge in [-0.3, -0.25) is 0 Å². The number of aromatic nitrogens is 1. The molecule has 3 nitrogen and oxygen atoms in total. The lowest BCUT2D eigenvalue weighted by molar-refractivity contribution is -0.141. The fourth-order valence-corrected chi connectivity index (χ4v) is 1.54. The van der Waals surface area contributed by atoms with E-state index in [1.165, 1.54) is 0 Å². The summed E-state index contributed by atoms with van der Waals surface area (Å²) in [5.74, 6) is -1.22. The molecule has 1 rings (SSSR count). The molecule has 0 aromatic carbocycles. The van der Waals surface area contributed by atoms with Crippen LogP contribution in [0, 0.1) is 11.7 Å². The Bertz CT molecular complexity index is 532. The second-order valence-electron chi connectivity index (χ2n) is 2.98. The normalized spacial score (nSPS) is 11.4. The van der Waals surface area contributed by atoms with Crippen molar-refractivity contribution < 1.29 is 23.1 Å². The van der Waals surface area contributed by atoms with E-state index in [0.717, 1.165) is 24.3 Å². The number of rotatable bonds is 3. The number of halogens is 3. The number of terminal acetylenes is 1. The first-order valence-electron chi connectivity index (χ1n) is 4.46. The predicted octanol–water partition coefficient (Wildman–Crippen LogP) is 2.88. The second-order valence-corrected chi connectivity index (χ2v) is 3.81. The molecule has 0 radical (unpaired) electrons. The van der Waals surface area contributed by atoms with Gasteiger partial charge in [0.05, 0.1) is 0 Å².